The number of nitrogens with zero attached hydrogens (tertiary/aromatic N) is 4. The van der Waals surface area contributed by atoms with Crippen molar-refractivity contribution in [1.29, 1.82) is 0 Å². The van der Waals surface area contributed by atoms with Gasteiger partial charge in [0.05, 0.1) is 15.8 Å². The van der Waals surface area contributed by atoms with E-state index in [-0.39, 0.29) is 28.8 Å². The number of aromatic nitrogens is 3. The molecular formula is C24H27FN6O2S. The number of rotatable bonds is 9. The molecule has 2 amide bonds. The third kappa shape index (κ3) is 4.78. The van der Waals surface area contributed by atoms with Crippen LogP contribution in [-0.4, -0.2) is 64.5 Å². The van der Waals surface area contributed by atoms with Gasteiger partial charge in [0.1, 0.15) is 5.82 Å². The number of carbonyl (C=O) groups is 2. The van der Waals surface area contributed by atoms with E-state index >= 15 is 0 Å². The molecule has 0 spiro atoms. The van der Waals surface area contributed by atoms with Crippen molar-refractivity contribution in [2.45, 2.75) is 20.3 Å². The second-order valence-corrected chi connectivity index (χ2v) is 8.83. The summed E-state index contributed by atoms with van der Waals surface area (Å²) in [6.45, 7) is 7.85. The van der Waals surface area contributed by atoms with Crippen molar-refractivity contribution in [3.63, 3.8) is 0 Å². The summed E-state index contributed by atoms with van der Waals surface area (Å²) in [5, 5.41) is 9.91. The fourth-order valence-electron chi connectivity index (χ4n) is 3.77. The van der Waals surface area contributed by atoms with E-state index in [2.05, 4.69) is 39.5 Å². The lowest BCUT2D eigenvalue weighted by Crippen LogP contribution is -2.29. The molecule has 0 radical (unpaired) electrons. The number of benzene rings is 2. The van der Waals surface area contributed by atoms with Gasteiger partial charge in [0, 0.05) is 24.7 Å². The zero-order valence-corrected chi connectivity index (χ0v) is 20.2. The molecular weight excluding hydrogens is 455 g/mol. The molecule has 0 unspecified atom stereocenters. The molecule has 0 atom stereocenters. The highest BCUT2D eigenvalue weighted by Gasteiger charge is 2.17. The average molecular weight is 483 g/mol. The molecule has 2 aromatic heterocycles. The number of nitrogens with one attached hydrogen (secondary N) is 2. The SMILES string of the molecule is CCN(CC)CCCNC(=O)c1ccc2c(c1)sc1nc(-c3ccc(C(=O)NC)cc3F)nn12. The number of amides is 2. The first kappa shape index (κ1) is 23.8. The third-order valence-corrected chi connectivity index (χ3v) is 6.75. The van der Waals surface area contributed by atoms with Gasteiger partial charge in [0.2, 0.25) is 4.96 Å². The number of fused-ring (bicyclic) bond motifs is 3. The molecule has 0 aliphatic rings. The number of thiazole rings is 1. The molecule has 0 saturated carbocycles. The Labute approximate surface area is 200 Å². The molecule has 2 aromatic carbocycles. The molecule has 8 nitrogen and oxygen atoms in total. The smallest absolute Gasteiger partial charge is 0.251 e. The van der Waals surface area contributed by atoms with Gasteiger partial charge in [-0.2, -0.15) is 4.98 Å². The summed E-state index contributed by atoms with van der Waals surface area (Å²) in [5.41, 5.74) is 1.82. The first-order chi connectivity index (χ1) is 16.4. The zero-order valence-electron chi connectivity index (χ0n) is 19.4. The predicted molar refractivity (Wildman–Crippen MR) is 132 cm³/mol. The molecule has 0 aliphatic heterocycles. The molecule has 4 rings (SSSR count). The van der Waals surface area contributed by atoms with Crippen LogP contribution < -0.4 is 10.6 Å². The van der Waals surface area contributed by atoms with Gasteiger partial charge in [-0.25, -0.2) is 8.91 Å². The Morgan fingerprint density at radius 3 is 2.53 bits per heavy atom. The quantitative estimate of drug-likeness (QED) is 0.356. The van der Waals surface area contributed by atoms with Crippen LogP contribution in [0.5, 0.6) is 0 Å². The van der Waals surface area contributed by atoms with Crippen molar-refractivity contribution < 1.29 is 14.0 Å². The van der Waals surface area contributed by atoms with Gasteiger partial charge in [-0.15, -0.1) is 5.10 Å². The summed E-state index contributed by atoms with van der Waals surface area (Å²) >= 11 is 1.38. The van der Waals surface area contributed by atoms with Gasteiger partial charge < -0.3 is 15.5 Å². The lowest BCUT2D eigenvalue weighted by Gasteiger charge is -2.17. The zero-order chi connectivity index (χ0) is 24.2. The van der Waals surface area contributed by atoms with Crippen molar-refractivity contribution in [1.82, 2.24) is 30.1 Å². The van der Waals surface area contributed by atoms with E-state index < -0.39 is 5.82 Å². The highest BCUT2D eigenvalue weighted by Crippen LogP contribution is 2.29. The van der Waals surface area contributed by atoms with Gasteiger partial charge in [0.25, 0.3) is 11.8 Å². The van der Waals surface area contributed by atoms with E-state index in [9.17, 15) is 14.0 Å². The summed E-state index contributed by atoms with van der Waals surface area (Å²) in [7, 11) is 1.49. The van der Waals surface area contributed by atoms with Gasteiger partial charge in [-0.1, -0.05) is 25.2 Å². The van der Waals surface area contributed by atoms with E-state index in [1.807, 2.05) is 12.1 Å². The van der Waals surface area contributed by atoms with Gasteiger partial charge in [-0.3, -0.25) is 9.59 Å². The van der Waals surface area contributed by atoms with E-state index in [1.54, 1.807) is 10.6 Å². The Hall–Kier alpha value is -3.37. The molecule has 178 valence electrons. The topological polar surface area (TPSA) is 91.6 Å². The van der Waals surface area contributed by atoms with E-state index in [1.165, 1.54) is 36.6 Å². The second-order valence-electron chi connectivity index (χ2n) is 7.82. The Bertz CT molecular complexity index is 1340. The fraction of sp³-hybridized carbons (Fsp3) is 0.333. The Kier molecular flexibility index (Phi) is 7.18. The minimum atomic E-state index is -0.566. The van der Waals surface area contributed by atoms with Crippen molar-refractivity contribution in [2.24, 2.45) is 0 Å². The van der Waals surface area contributed by atoms with Crippen LogP contribution in [-0.2, 0) is 0 Å². The molecule has 2 N–H and O–H groups in total. The third-order valence-electron chi connectivity index (χ3n) is 5.76. The van der Waals surface area contributed by atoms with Crippen LogP contribution >= 0.6 is 11.3 Å². The summed E-state index contributed by atoms with van der Waals surface area (Å²) in [5.74, 6) is -0.800. The summed E-state index contributed by atoms with van der Waals surface area (Å²) in [4.78, 5) is 31.7. The second kappa shape index (κ2) is 10.3. The number of hydrogen-bond donors (Lipinski definition) is 2. The molecule has 0 fully saturated rings. The van der Waals surface area contributed by atoms with Crippen molar-refractivity contribution in [3.8, 4) is 11.4 Å². The largest absolute Gasteiger partial charge is 0.355 e. The van der Waals surface area contributed by atoms with E-state index in [0.717, 1.165) is 36.3 Å². The maximum Gasteiger partial charge on any atom is 0.251 e. The average Bonchev–Trinajstić information content (AvgIpc) is 3.40. The minimum absolute atomic E-state index is 0.112. The molecule has 2 heterocycles. The summed E-state index contributed by atoms with van der Waals surface area (Å²) in [6, 6.07) is 9.63. The molecule has 34 heavy (non-hydrogen) atoms. The van der Waals surface area contributed by atoms with E-state index in [0.29, 0.717) is 17.1 Å². The Balaban J connectivity index is 1.51. The molecule has 0 aliphatic carbocycles. The van der Waals surface area contributed by atoms with Crippen LogP contribution in [0, 0.1) is 5.82 Å². The summed E-state index contributed by atoms with van der Waals surface area (Å²) < 4.78 is 17.1. The lowest BCUT2D eigenvalue weighted by atomic mass is 10.1. The van der Waals surface area contributed by atoms with Gasteiger partial charge in [-0.05, 0) is 62.5 Å². The number of hydrogen-bond acceptors (Lipinski definition) is 6. The van der Waals surface area contributed by atoms with Crippen LogP contribution in [0.4, 0.5) is 4.39 Å². The standard InChI is InChI=1S/C24H27FN6O2S/c1-4-30(5-2)12-6-11-27-23(33)16-8-10-19-20(14-16)34-24-28-21(29-31(19)24)17-9-7-15(13-18(17)25)22(32)26-3/h7-10,13-14H,4-6,11-12H2,1-3H3,(H,26,32)(H,27,33). The normalized spacial score (nSPS) is 11.4. The number of carbonyl (C=O) groups excluding carboxylic acids is 2. The molecule has 10 heteroatoms. The van der Waals surface area contributed by atoms with E-state index in [4.69, 9.17) is 0 Å². The first-order valence-electron chi connectivity index (χ1n) is 11.3. The van der Waals surface area contributed by atoms with Crippen LogP contribution in [0.1, 0.15) is 41.0 Å². The maximum atomic E-state index is 14.6. The monoisotopic (exact) mass is 482 g/mol. The van der Waals surface area contributed by atoms with Crippen molar-refractivity contribution >= 4 is 38.3 Å². The first-order valence-corrected chi connectivity index (χ1v) is 12.1. The van der Waals surface area contributed by atoms with Gasteiger partial charge in [0.15, 0.2) is 5.82 Å². The molecule has 0 saturated heterocycles. The van der Waals surface area contributed by atoms with Crippen molar-refractivity contribution in [2.75, 3.05) is 33.2 Å². The Morgan fingerprint density at radius 1 is 1.09 bits per heavy atom. The molecule has 4 aromatic rings. The van der Waals surface area contributed by atoms with Crippen LogP contribution in [0.15, 0.2) is 36.4 Å². The minimum Gasteiger partial charge on any atom is -0.355 e. The van der Waals surface area contributed by atoms with Crippen molar-refractivity contribution in [3.05, 3.63) is 53.3 Å². The van der Waals surface area contributed by atoms with Gasteiger partial charge >= 0.3 is 0 Å². The number of halogens is 1. The maximum absolute atomic E-state index is 14.6. The lowest BCUT2D eigenvalue weighted by molar-refractivity contribution is 0.0947. The Morgan fingerprint density at radius 2 is 1.82 bits per heavy atom. The molecule has 0 bridgehead atoms. The fourth-order valence-corrected chi connectivity index (χ4v) is 4.77. The van der Waals surface area contributed by atoms with Crippen LogP contribution in [0.2, 0.25) is 0 Å². The highest BCUT2D eigenvalue weighted by molar-refractivity contribution is 7.23. The van der Waals surface area contributed by atoms with Crippen LogP contribution in [0.25, 0.3) is 26.6 Å². The predicted octanol–water partition coefficient (Wildman–Crippen LogP) is 3.57. The highest BCUT2D eigenvalue weighted by atomic mass is 32.1. The van der Waals surface area contributed by atoms with Crippen LogP contribution in [0.3, 0.4) is 0 Å². The summed E-state index contributed by atoms with van der Waals surface area (Å²) in [6.07, 6.45) is 0.899.